The maximum Gasteiger partial charge on any atom is 0.332 e. The third kappa shape index (κ3) is 3.44. The first-order chi connectivity index (χ1) is 9.97. The molecule has 0 radical (unpaired) electrons. The fourth-order valence-corrected chi connectivity index (χ4v) is 1.61. The Balaban J connectivity index is 2.44. The van der Waals surface area contributed by atoms with Crippen LogP contribution in [0.15, 0.2) is 38.8 Å². The molecule has 2 aromatic rings. The first-order valence-corrected chi connectivity index (χ1v) is 5.80. The highest BCUT2D eigenvalue weighted by Crippen LogP contribution is 2.18. The molecule has 0 aliphatic carbocycles. The molecule has 0 spiro atoms. The van der Waals surface area contributed by atoms with E-state index in [1.807, 2.05) is 5.43 Å². The van der Waals surface area contributed by atoms with Crippen LogP contribution in [0.2, 0.25) is 0 Å². The fraction of sp³-hybridized carbons (Fsp3) is 0.0769. The van der Waals surface area contributed by atoms with Gasteiger partial charge in [-0.1, -0.05) is 0 Å². The Hall–Kier alpha value is -3.16. The molecule has 108 valence electrons. The number of hydrazone groups is 1. The van der Waals surface area contributed by atoms with Crippen LogP contribution >= 0.6 is 0 Å². The van der Waals surface area contributed by atoms with E-state index in [0.717, 1.165) is 6.21 Å². The third-order valence-corrected chi connectivity index (χ3v) is 2.41. The Bertz CT molecular complexity index is 794. The predicted octanol–water partition coefficient (Wildman–Crippen LogP) is 0.721. The summed E-state index contributed by atoms with van der Waals surface area (Å²) in [6.45, 7) is 1.26. The van der Waals surface area contributed by atoms with Crippen molar-refractivity contribution in [1.82, 2.24) is 5.43 Å². The van der Waals surface area contributed by atoms with E-state index in [0.29, 0.717) is 5.58 Å². The highest BCUT2D eigenvalue weighted by molar-refractivity contribution is 5.87. The lowest BCUT2D eigenvalue weighted by molar-refractivity contribution is -0.131. The van der Waals surface area contributed by atoms with Crippen molar-refractivity contribution in [2.75, 3.05) is 0 Å². The molecule has 2 amide bonds. The zero-order valence-electron chi connectivity index (χ0n) is 11.0. The van der Waals surface area contributed by atoms with Crippen LogP contribution in [0.3, 0.4) is 0 Å². The maximum atomic E-state index is 12.2. The summed E-state index contributed by atoms with van der Waals surface area (Å²) in [6.07, 6.45) is 2.30. The van der Waals surface area contributed by atoms with E-state index in [1.54, 1.807) is 0 Å². The number of nitrogens with one attached hydrogen (secondary N) is 1. The number of hydrogen-bond acceptors (Lipinski definition) is 6. The minimum absolute atomic E-state index is 0.108. The van der Waals surface area contributed by atoms with Crippen LogP contribution in [-0.2, 0) is 4.79 Å². The van der Waals surface area contributed by atoms with Crippen molar-refractivity contribution < 1.29 is 18.7 Å². The number of fused-ring (bicyclic) bond motifs is 1. The van der Waals surface area contributed by atoms with Crippen molar-refractivity contribution in [2.24, 2.45) is 10.8 Å². The van der Waals surface area contributed by atoms with Crippen LogP contribution in [0.1, 0.15) is 12.5 Å². The molecule has 3 N–H and O–H groups in total. The average molecular weight is 289 g/mol. The summed E-state index contributed by atoms with van der Waals surface area (Å²) in [4.78, 5) is 33.6. The first kappa shape index (κ1) is 14.3. The standard InChI is InChI=1S/C13H11N3O5/c1-7(17)21-9-2-3-11-10(4-9)12(18)8(6-20-11)5-15-16-13(14)19/h2-6H,1H3,(H3,14,16,19)/b15-5+. The first-order valence-electron chi connectivity index (χ1n) is 5.80. The highest BCUT2D eigenvalue weighted by atomic mass is 16.5. The Kier molecular flexibility index (Phi) is 3.98. The van der Waals surface area contributed by atoms with Crippen molar-refractivity contribution in [3.05, 3.63) is 40.2 Å². The second-order valence-electron chi connectivity index (χ2n) is 4.01. The zero-order valence-corrected chi connectivity index (χ0v) is 11.0. The molecule has 0 bridgehead atoms. The second-order valence-corrected chi connectivity index (χ2v) is 4.01. The molecule has 21 heavy (non-hydrogen) atoms. The van der Waals surface area contributed by atoms with E-state index in [2.05, 4.69) is 5.10 Å². The van der Waals surface area contributed by atoms with Gasteiger partial charge >= 0.3 is 12.0 Å². The lowest BCUT2D eigenvalue weighted by Gasteiger charge is -2.03. The molecule has 0 saturated carbocycles. The number of ether oxygens (including phenoxy) is 1. The molecule has 1 aromatic heterocycles. The van der Waals surface area contributed by atoms with Gasteiger partial charge in [0, 0.05) is 6.92 Å². The Morgan fingerprint density at radius 3 is 2.86 bits per heavy atom. The van der Waals surface area contributed by atoms with Crippen molar-refractivity contribution in [3.8, 4) is 5.75 Å². The smallest absolute Gasteiger partial charge is 0.332 e. The molecule has 0 aliphatic rings. The number of nitrogens with zero attached hydrogens (tertiary/aromatic N) is 1. The van der Waals surface area contributed by atoms with E-state index in [9.17, 15) is 14.4 Å². The molecular weight excluding hydrogens is 278 g/mol. The molecule has 0 atom stereocenters. The Morgan fingerprint density at radius 1 is 1.43 bits per heavy atom. The summed E-state index contributed by atoms with van der Waals surface area (Å²) in [6, 6.07) is 3.56. The summed E-state index contributed by atoms with van der Waals surface area (Å²) < 4.78 is 10.2. The summed E-state index contributed by atoms with van der Waals surface area (Å²) in [5.74, 6) is -0.270. The molecule has 1 aromatic carbocycles. The quantitative estimate of drug-likeness (QED) is 0.373. The largest absolute Gasteiger partial charge is 0.463 e. The number of nitrogens with two attached hydrogens (primary N) is 1. The van der Waals surface area contributed by atoms with E-state index in [1.165, 1.54) is 31.4 Å². The number of benzene rings is 1. The number of hydrogen-bond donors (Lipinski definition) is 2. The number of carbonyl (C=O) groups excluding carboxylic acids is 2. The normalized spacial score (nSPS) is 10.7. The van der Waals surface area contributed by atoms with Crippen LogP contribution in [0.5, 0.6) is 5.75 Å². The van der Waals surface area contributed by atoms with Gasteiger partial charge in [-0.25, -0.2) is 10.2 Å². The molecule has 1 heterocycles. The van der Waals surface area contributed by atoms with Crippen molar-refractivity contribution in [2.45, 2.75) is 6.92 Å². The van der Waals surface area contributed by atoms with Gasteiger partial charge in [-0.2, -0.15) is 5.10 Å². The molecule has 0 aliphatic heterocycles. The van der Waals surface area contributed by atoms with E-state index < -0.39 is 12.0 Å². The number of amides is 2. The molecule has 8 heteroatoms. The number of urea groups is 1. The SMILES string of the molecule is CC(=O)Oc1ccc2occ(/C=N/NC(N)=O)c(=O)c2c1. The van der Waals surface area contributed by atoms with Crippen LogP contribution < -0.4 is 21.3 Å². The van der Waals surface area contributed by atoms with Gasteiger partial charge in [-0.15, -0.1) is 0 Å². The Morgan fingerprint density at radius 2 is 2.19 bits per heavy atom. The molecule has 0 saturated heterocycles. The lowest BCUT2D eigenvalue weighted by Crippen LogP contribution is -2.24. The molecule has 8 nitrogen and oxygen atoms in total. The van der Waals surface area contributed by atoms with Crippen LogP contribution in [0.25, 0.3) is 11.0 Å². The van der Waals surface area contributed by atoms with Crippen molar-refractivity contribution in [3.63, 3.8) is 0 Å². The van der Waals surface area contributed by atoms with Crippen molar-refractivity contribution in [1.29, 1.82) is 0 Å². The van der Waals surface area contributed by atoms with Gasteiger partial charge in [0.15, 0.2) is 0 Å². The molecule has 0 unspecified atom stereocenters. The monoisotopic (exact) mass is 289 g/mol. The molecular formula is C13H11N3O5. The minimum Gasteiger partial charge on any atom is -0.463 e. The van der Waals surface area contributed by atoms with Gasteiger partial charge < -0.3 is 14.9 Å². The number of rotatable bonds is 3. The summed E-state index contributed by atoms with van der Waals surface area (Å²) >= 11 is 0. The van der Waals surface area contributed by atoms with Crippen molar-refractivity contribution >= 4 is 29.2 Å². The third-order valence-electron chi connectivity index (χ3n) is 2.41. The second kappa shape index (κ2) is 5.87. The number of primary amides is 1. The summed E-state index contributed by atoms with van der Waals surface area (Å²) in [7, 11) is 0. The van der Waals surface area contributed by atoms with Gasteiger partial charge in [-0.05, 0) is 18.2 Å². The lowest BCUT2D eigenvalue weighted by atomic mass is 10.2. The van der Waals surface area contributed by atoms with E-state index >= 15 is 0 Å². The zero-order chi connectivity index (χ0) is 15.4. The maximum absolute atomic E-state index is 12.2. The highest BCUT2D eigenvalue weighted by Gasteiger charge is 2.08. The molecule has 2 rings (SSSR count). The fourth-order valence-electron chi connectivity index (χ4n) is 1.61. The van der Waals surface area contributed by atoms with Gasteiger partial charge in [0.1, 0.15) is 17.6 Å². The van der Waals surface area contributed by atoms with E-state index in [-0.39, 0.29) is 22.1 Å². The number of carbonyl (C=O) groups is 2. The topological polar surface area (TPSA) is 124 Å². The van der Waals surface area contributed by atoms with Crippen LogP contribution in [0, 0.1) is 0 Å². The van der Waals surface area contributed by atoms with Crippen LogP contribution in [-0.4, -0.2) is 18.2 Å². The van der Waals surface area contributed by atoms with E-state index in [4.69, 9.17) is 14.9 Å². The van der Waals surface area contributed by atoms with Crippen LogP contribution in [0.4, 0.5) is 4.79 Å². The number of esters is 1. The van der Waals surface area contributed by atoms with Gasteiger partial charge in [0.25, 0.3) is 0 Å². The molecule has 0 fully saturated rings. The Labute approximate surface area is 118 Å². The average Bonchev–Trinajstić information content (AvgIpc) is 2.41. The van der Waals surface area contributed by atoms with Gasteiger partial charge in [0.2, 0.25) is 5.43 Å². The minimum atomic E-state index is -0.853. The van der Waals surface area contributed by atoms with Gasteiger partial charge in [0.05, 0.1) is 17.2 Å². The summed E-state index contributed by atoms with van der Waals surface area (Å²) in [5, 5.41) is 3.70. The van der Waals surface area contributed by atoms with Gasteiger partial charge in [-0.3, -0.25) is 9.59 Å². The predicted molar refractivity (Wildman–Crippen MR) is 74.1 cm³/mol. The summed E-state index contributed by atoms with van der Waals surface area (Å²) in [5.41, 5.74) is 6.85.